The van der Waals surface area contributed by atoms with Gasteiger partial charge < -0.3 is 15.4 Å². The van der Waals surface area contributed by atoms with Crippen molar-refractivity contribution in [2.75, 3.05) is 39.8 Å². The molecule has 0 saturated heterocycles. The average molecular weight is 327 g/mol. The molecular weight excluding hydrogens is 288 g/mol. The quantitative estimate of drug-likeness (QED) is 0.368. The van der Waals surface area contributed by atoms with E-state index in [0.717, 1.165) is 45.2 Å². The number of guanidine groups is 1. The normalized spacial score (nSPS) is 18.2. The van der Waals surface area contributed by atoms with E-state index < -0.39 is 0 Å². The van der Waals surface area contributed by atoms with Crippen LogP contribution in [0.4, 0.5) is 0 Å². The van der Waals surface area contributed by atoms with Gasteiger partial charge in [-0.1, -0.05) is 33.1 Å². The SMILES string of the molecule is CCN(CC)C(C)CNC(=NC)NCCCOC1CCCCC1. The first-order valence-electron chi connectivity index (χ1n) is 9.51. The van der Waals surface area contributed by atoms with E-state index >= 15 is 0 Å². The highest BCUT2D eigenvalue weighted by molar-refractivity contribution is 5.79. The van der Waals surface area contributed by atoms with Crippen LogP contribution in [-0.4, -0.2) is 62.8 Å². The van der Waals surface area contributed by atoms with Crippen LogP contribution in [0.15, 0.2) is 4.99 Å². The van der Waals surface area contributed by atoms with Gasteiger partial charge in [0.1, 0.15) is 0 Å². The van der Waals surface area contributed by atoms with Crippen LogP contribution in [0.25, 0.3) is 0 Å². The molecule has 1 atom stereocenters. The molecule has 23 heavy (non-hydrogen) atoms. The maximum atomic E-state index is 5.95. The molecular formula is C18H38N4O. The smallest absolute Gasteiger partial charge is 0.191 e. The Morgan fingerprint density at radius 2 is 1.87 bits per heavy atom. The molecule has 5 nitrogen and oxygen atoms in total. The Labute approximate surface area is 143 Å². The molecule has 1 aliphatic carbocycles. The van der Waals surface area contributed by atoms with Gasteiger partial charge in [-0.3, -0.25) is 9.89 Å². The highest BCUT2D eigenvalue weighted by Crippen LogP contribution is 2.20. The van der Waals surface area contributed by atoms with Gasteiger partial charge in [0, 0.05) is 32.8 Å². The van der Waals surface area contributed by atoms with Crippen molar-refractivity contribution in [1.29, 1.82) is 0 Å². The summed E-state index contributed by atoms with van der Waals surface area (Å²) in [6.07, 6.45) is 8.10. The summed E-state index contributed by atoms with van der Waals surface area (Å²) in [7, 11) is 1.83. The van der Waals surface area contributed by atoms with Gasteiger partial charge in [-0.15, -0.1) is 0 Å². The van der Waals surface area contributed by atoms with Crippen LogP contribution >= 0.6 is 0 Å². The van der Waals surface area contributed by atoms with Gasteiger partial charge in [-0.05, 0) is 39.3 Å². The first-order valence-corrected chi connectivity index (χ1v) is 9.51. The van der Waals surface area contributed by atoms with Crippen molar-refractivity contribution in [3.63, 3.8) is 0 Å². The zero-order valence-electron chi connectivity index (χ0n) is 15.7. The molecule has 1 aliphatic rings. The minimum Gasteiger partial charge on any atom is -0.378 e. The van der Waals surface area contributed by atoms with Gasteiger partial charge in [0.05, 0.1) is 6.10 Å². The predicted octanol–water partition coefficient (Wildman–Crippen LogP) is 2.62. The van der Waals surface area contributed by atoms with Crippen LogP contribution in [0.1, 0.15) is 59.3 Å². The monoisotopic (exact) mass is 326 g/mol. The molecule has 0 aromatic carbocycles. The van der Waals surface area contributed by atoms with Gasteiger partial charge in [-0.2, -0.15) is 0 Å². The fourth-order valence-corrected chi connectivity index (χ4v) is 3.20. The molecule has 1 rings (SSSR count). The number of rotatable bonds is 10. The minimum atomic E-state index is 0.510. The zero-order chi connectivity index (χ0) is 16.9. The van der Waals surface area contributed by atoms with Crippen LogP contribution in [0.3, 0.4) is 0 Å². The van der Waals surface area contributed by atoms with E-state index in [1.165, 1.54) is 32.1 Å². The van der Waals surface area contributed by atoms with Gasteiger partial charge in [0.2, 0.25) is 0 Å². The third-order valence-corrected chi connectivity index (χ3v) is 4.74. The molecule has 1 fully saturated rings. The van der Waals surface area contributed by atoms with E-state index in [0.29, 0.717) is 12.1 Å². The fourth-order valence-electron chi connectivity index (χ4n) is 3.20. The Morgan fingerprint density at radius 3 is 2.48 bits per heavy atom. The van der Waals surface area contributed by atoms with E-state index in [1.54, 1.807) is 0 Å². The molecule has 2 N–H and O–H groups in total. The molecule has 0 spiro atoms. The predicted molar refractivity (Wildman–Crippen MR) is 99.2 cm³/mol. The third kappa shape index (κ3) is 8.56. The van der Waals surface area contributed by atoms with Gasteiger partial charge in [0.25, 0.3) is 0 Å². The van der Waals surface area contributed by atoms with Crippen LogP contribution in [-0.2, 0) is 4.74 Å². The molecule has 136 valence electrons. The summed E-state index contributed by atoms with van der Waals surface area (Å²) in [6, 6.07) is 0.512. The van der Waals surface area contributed by atoms with Crippen molar-refractivity contribution in [2.24, 2.45) is 4.99 Å². The topological polar surface area (TPSA) is 48.9 Å². The maximum absolute atomic E-state index is 5.95. The number of aliphatic imine (C=N–C) groups is 1. The second-order valence-electron chi connectivity index (χ2n) is 6.43. The number of hydrogen-bond donors (Lipinski definition) is 2. The molecule has 0 amide bonds. The van der Waals surface area contributed by atoms with E-state index in [9.17, 15) is 0 Å². The summed E-state index contributed by atoms with van der Waals surface area (Å²) >= 11 is 0. The van der Waals surface area contributed by atoms with Crippen LogP contribution in [0.5, 0.6) is 0 Å². The van der Waals surface area contributed by atoms with Crippen molar-refractivity contribution >= 4 is 5.96 Å². The molecule has 0 aliphatic heterocycles. The van der Waals surface area contributed by atoms with Crippen LogP contribution in [0, 0.1) is 0 Å². The van der Waals surface area contributed by atoms with Crippen molar-refractivity contribution in [3.05, 3.63) is 0 Å². The lowest BCUT2D eigenvalue weighted by Gasteiger charge is -2.27. The molecule has 0 aromatic rings. The Balaban J connectivity index is 2.09. The highest BCUT2D eigenvalue weighted by Gasteiger charge is 2.13. The van der Waals surface area contributed by atoms with E-state index in [2.05, 4.69) is 41.3 Å². The van der Waals surface area contributed by atoms with Crippen LogP contribution in [0.2, 0.25) is 0 Å². The molecule has 0 bridgehead atoms. The first-order chi connectivity index (χ1) is 11.2. The summed E-state index contributed by atoms with van der Waals surface area (Å²) in [5.41, 5.74) is 0. The van der Waals surface area contributed by atoms with Crippen molar-refractivity contribution < 1.29 is 4.74 Å². The minimum absolute atomic E-state index is 0.510. The van der Waals surface area contributed by atoms with Crippen molar-refractivity contribution in [3.8, 4) is 0 Å². The molecule has 0 heterocycles. The summed E-state index contributed by atoms with van der Waals surface area (Å²) in [6.45, 7) is 11.5. The summed E-state index contributed by atoms with van der Waals surface area (Å²) in [5, 5.41) is 6.79. The lowest BCUT2D eigenvalue weighted by Crippen LogP contribution is -2.46. The van der Waals surface area contributed by atoms with E-state index in [-0.39, 0.29) is 0 Å². The molecule has 0 aromatic heterocycles. The molecule has 1 unspecified atom stereocenters. The third-order valence-electron chi connectivity index (χ3n) is 4.74. The number of nitrogens with one attached hydrogen (secondary N) is 2. The molecule has 0 radical (unpaired) electrons. The Bertz CT molecular complexity index is 312. The maximum Gasteiger partial charge on any atom is 0.191 e. The lowest BCUT2D eigenvalue weighted by atomic mass is 9.98. The van der Waals surface area contributed by atoms with Crippen molar-refractivity contribution in [2.45, 2.75) is 71.4 Å². The summed E-state index contributed by atoms with van der Waals surface area (Å²) < 4.78 is 5.95. The number of likely N-dealkylation sites (N-methyl/N-ethyl adjacent to an activating group) is 1. The van der Waals surface area contributed by atoms with Gasteiger partial charge in [0.15, 0.2) is 5.96 Å². The lowest BCUT2D eigenvalue weighted by molar-refractivity contribution is 0.0277. The largest absolute Gasteiger partial charge is 0.378 e. The summed E-state index contributed by atoms with van der Waals surface area (Å²) in [5.74, 6) is 0.890. The number of ether oxygens (including phenoxy) is 1. The highest BCUT2D eigenvalue weighted by atomic mass is 16.5. The Morgan fingerprint density at radius 1 is 1.17 bits per heavy atom. The Hall–Kier alpha value is -0.810. The van der Waals surface area contributed by atoms with Gasteiger partial charge >= 0.3 is 0 Å². The average Bonchev–Trinajstić information content (AvgIpc) is 2.59. The van der Waals surface area contributed by atoms with Crippen molar-refractivity contribution in [1.82, 2.24) is 15.5 Å². The van der Waals surface area contributed by atoms with Crippen LogP contribution < -0.4 is 10.6 Å². The standard InChI is InChI=1S/C18H38N4O/c1-5-22(6-2)16(3)15-21-18(19-4)20-13-10-14-23-17-11-8-7-9-12-17/h16-17H,5-15H2,1-4H3,(H2,19,20,21). The second kappa shape index (κ2) is 12.6. The second-order valence-corrected chi connectivity index (χ2v) is 6.43. The first kappa shape index (κ1) is 20.2. The van der Waals surface area contributed by atoms with Gasteiger partial charge in [-0.25, -0.2) is 0 Å². The van der Waals surface area contributed by atoms with E-state index in [4.69, 9.17) is 4.74 Å². The fraction of sp³-hybridized carbons (Fsp3) is 0.944. The number of hydrogen-bond acceptors (Lipinski definition) is 3. The Kier molecular flexibility index (Phi) is 11.1. The summed E-state index contributed by atoms with van der Waals surface area (Å²) in [4.78, 5) is 6.74. The number of nitrogens with zero attached hydrogens (tertiary/aromatic N) is 2. The molecule has 5 heteroatoms. The zero-order valence-corrected chi connectivity index (χ0v) is 15.7. The van der Waals surface area contributed by atoms with E-state index in [1.807, 2.05) is 7.05 Å². The molecule has 1 saturated carbocycles.